The van der Waals surface area contributed by atoms with Gasteiger partial charge in [0.2, 0.25) is 0 Å². The number of aryl methyl sites for hydroxylation is 2. The molecule has 2 aromatic carbocycles. The first kappa shape index (κ1) is 20.3. The number of carbonyl (C=O) groups is 2. The molecule has 6 nitrogen and oxygen atoms in total. The van der Waals surface area contributed by atoms with Crippen molar-refractivity contribution >= 4 is 11.9 Å². The summed E-state index contributed by atoms with van der Waals surface area (Å²) in [6.45, 7) is 5.72. The Morgan fingerprint density at radius 1 is 0.966 bits per heavy atom. The number of rotatable bonds is 7. The molecule has 1 amide bonds. The molecule has 0 aliphatic heterocycles. The minimum Gasteiger partial charge on any atom is -0.449 e. The van der Waals surface area contributed by atoms with E-state index in [9.17, 15) is 9.59 Å². The average molecular weight is 392 g/mol. The molecule has 0 bridgehead atoms. The van der Waals surface area contributed by atoms with Crippen LogP contribution in [0.25, 0.3) is 0 Å². The predicted octanol–water partition coefficient (Wildman–Crippen LogP) is 4.07. The van der Waals surface area contributed by atoms with Crippen LogP contribution in [0.15, 0.2) is 65.2 Å². The van der Waals surface area contributed by atoms with Crippen molar-refractivity contribution in [2.45, 2.75) is 40.0 Å². The van der Waals surface area contributed by atoms with Gasteiger partial charge in [0, 0.05) is 13.1 Å². The van der Waals surface area contributed by atoms with Crippen molar-refractivity contribution < 1.29 is 18.8 Å². The first-order chi connectivity index (χ1) is 14.0. The summed E-state index contributed by atoms with van der Waals surface area (Å²) >= 11 is 0. The molecule has 1 aromatic heterocycles. The summed E-state index contributed by atoms with van der Waals surface area (Å²) in [4.78, 5) is 27.3. The van der Waals surface area contributed by atoms with Gasteiger partial charge in [-0.25, -0.2) is 4.79 Å². The second kappa shape index (κ2) is 9.19. The Balaban J connectivity index is 1.76. The zero-order chi connectivity index (χ0) is 20.8. The second-order valence-corrected chi connectivity index (χ2v) is 6.91. The molecule has 0 spiro atoms. The van der Waals surface area contributed by atoms with Gasteiger partial charge in [-0.2, -0.15) is 0 Å². The van der Waals surface area contributed by atoms with Crippen LogP contribution in [0.4, 0.5) is 0 Å². The van der Waals surface area contributed by atoms with Crippen LogP contribution in [0, 0.1) is 13.8 Å². The fraction of sp³-hybridized carbons (Fsp3) is 0.261. The van der Waals surface area contributed by atoms with Gasteiger partial charge in [-0.1, -0.05) is 65.8 Å². The maximum absolute atomic E-state index is 13.1. The SMILES string of the molecule is Cc1noc(C)c1C(=O)OC(C)C(=O)N(Cc1ccccc1)Cc1ccccc1. The van der Waals surface area contributed by atoms with Crippen molar-refractivity contribution in [3.05, 3.63) is 88.8 Å². The van der Waals surface area contributed by atoms with Crippen LogP contribution in [0.3, 0.4) is 0 Å². The van der Waals surface area contributed by atoms with Crippen molar-refractivity contribution in [1.29, 1.82) is 0 Å². The number of benzene rings is 2. The van der Waals surface area contributed by atoms with E-state index in [-0.39, 0.29) is 11.5 Å². The van der Waals surface area contributed by atoms with Gasteiger partial charge in [0.25, 0.3) is 5.91 Å². The second-order valence-electron chi connectivity index (χ2n) is 6.91. The van der Waals surface area contributed by atoms with Crippen LogP contribution in [0.1, 0.15) is 39.9 Å². The van der Waals surface area contributed by atoms with E-state index in [2.05, 4.69) is 5.16 Å². The Morgan fingerprint density at radius 2 is 1.48 bits per heavy atom. The Kier molecular flexibility index (Phi) is 6.44. The van der Waals surface area contributed by atoms with Gasteiger partial charge in [0.1, 0.15) is 11.3 Å². The highest BCUT2D eigenvalue weighted by Crippen LogP contribution is 2.17. The van der Waals surface area contributed by atoms with Crippen LogP contribution in [0.2, 0.25) is 0 Å². The summed E-state index contributed by atoms with van der Waals surface area (Å²) in [6, 6.07) is 19.4. The molecule has 1 atom stereocenters. The number of hydrogen-bond donors (Lipinski definition) is 0. The van der Waals surface area contributed by atoms with Crippen molar-refractivity contribution in [2.75, 3.05) is 0 Å². The van der Waals surface area contributed by atoms with Gasteiger partial charge in [0.05, 0.1) is 5.69 Å². The Morgan fingerprint density at radius 3 is 1.93 bits per heavy atom. The molecule has 0 radical (unpaired) electrons. The molecule has 3 rings (SSSR count). The number of nitrogens with zero attached hydrogens (tertiary/aromatic N) is 2. The molecule has 150 valence electrons. The largest absolute Gasteiger partial charge is 0.449 e. The lowest BCUT2D eigenvalue weighted by Gasteiger charge is -2.26. The minimum atomic E-state index is -0.941. The monoisotopic (exact) mass is 392 g/mol. The summed E-state index contributed by atoms with van der Waals surface area (Å²) in [7, 11) is 0. The fourth-order valence-corrected chi connectivity index (χ4v) is 3.12. The summed E-state index contributed by atoms with van der Waals surface area (Å²) in [5.41, 5.74) is 2.71. The summed E-state index contributed by atoms with van der Waals surface area (Å²) < 4.78 is 10.5. The van der Waals surface area contributed by atoms with Gasteiger partial charge in [-0.15, -0.1) is 0 Å². The molecule has 0 aliphatic rings. The van der Waals surface area contributed by atoms with Crippen LogP contribution in [-0.2, 0) is 22.6 Å². The van der Waals surface area contributed by atoms with E-state index in [1.54, 1.807) is 25.7 Å². The van der Waals surface area contributed by atoms with Crippen LogP contribution < -0.4 is 0 Å². The molecular formula is C23H24N2O4. The zero-order valence-electron chi connectivity index (χ0n) is 16.8. The Hall–Kier alpha value is -3.41. The summed E-state index contributed by atoms with van der Waals surface area (Å²) in [6.07, 6.45) is -0.941. The Bertz CT molecular complexity index is 906. The third-order valence-electron chi connectivity index (χ3n) is 4.61. The first-order valence-corrected chi connectivity index (χ1v) is 9.46. The quantitative estimate of drug-likeness (QED) is 0.567. The number of hydrogen-bond acceptors (Lipinski definition) is 5. The summed E-state index contributed by atoms with van der Waals surface area (Å²) in [5, 5.41) is 3.76. The standard InChI is InChI=1S/C23H24N2O4/c1-16-21(17(2)29-24-16)23(27)28-18(3)22(26)25(14-19-10-6-4-7-11-19)15-20-12-8-5-9-13-20/h4-13,18H,14-15H2,1-3H3. The van der Waals surface area contributed by atoms with Gasteiger partial charge in [-0.05, 0) is 31.9 Å². The van der Waals surface area contributed by atoms with Crippen molar-refractivity contribution in [3.8, 4) is 0 Å². The normalized spacial score (nSPS) is 11.7. The molecular weight excluding hydrogens is 368 g/mol. The molecule has 1 unspecified atom stereocenters. The highest BCUT2D eigenvalue weighted by atomic mass is 16.5. The molecule has 0 saturated heterocycles. The number of aromatic nitrogens is 1. The van der Waals surface area contributed by atoms with E-state index in [4.69, 9.17) is 9.26 Å². The van der Waals surface area contributed by atoms with Gasteiger partial charge in [0.15, 0.2) is 6.10 Å². The number of esters is 1. The number of carbonyl (C=O) groups excluding carboxylic acids is 2. The van der Waals surface area contributed by atoms with E-state index < -0.39 is 12.1 Å². The lowest BCUT2D eigenvalue weighted by molar-refractivity contribution is -0.141. The third-order valence-corrected chi connectivity index (χ3v) is 4.61. The lowest BCUT2D eigenvalue weighted by atomic mass is 10.1. The topological polar surface area (TPSA) is 72.6 Å². The molecule has 0 fully saturated rings. The molecule has 6 heteroatoms. The van der Waals surface area contributed by atoms with Crippen molar-refractivity contribution in [3.63, 3.8) is 0 Å². The van der Waals surface area contributed by atoms with Crippen molar-refractivity contribution in [1.82, 2.24) is 10.1 Å². The average Bonchev–Trinajstić information content (AvgIpc) is 3.06. The Labute approximate surface area is 170 Å². The highest BCUT2D eigenvalue weighted by Gasteiger charge is 2.27. The lowest BCUT2D eigenvalue weighted by Crippen LogP contribution is -2.39. The highest BCUT2D eigenvalue weighted by molar-refractivity contribution is 5.93. The molecule has 0 aliphatic carbocycles. The molecule has 29 heavy (non-hydrogen) atoms. The number of ether oxygens (including phenoxy) is 1. The van der Waals surface area contributed by atoms with E-state index in [0.717, 1.165) is 11.1 Å². The smallest absolute Gasteiger partial charge is 0.344 e. The summed E-state index contributed by atoms with van der Waals surface area (Å²) in [5.74, 6) is -0.503. The molecule has 3 aromatic rings. The van der Waals surface area contributed by atoms with Gasteiger partial charge < -0.3 is 14.2 Å². The van der Waals surface area contributed by atoms with Gasteiger partial charge in [-0.3, -0.25) is 4.79 Å². The maximum Gasteiger partial charge on any atom is 0.344 e. The van der Waals surface area contributed by atoms with E-state index in [0.29, 0.717) is 24.5 Å². The van der Waals surface area contributed by atoms with Gasteiger partial charge >= 0.3 is 5.97 Å². The van der Waals surface area contributed by atoms with Crippen LogP contribution in [-0.4, -0.2) is 28.0 Å². The van der Waals surface area contributed by atoms with E-state index in [1.807, 2.05) is 60.7 Å². The zero-order valence-corrected chi connectivity index (χ0v) is 16.8. The van der Waals surface area contributed by atoms with E-state index in [1.165, 1.54) is 0 Å². The number of amides is 1. The maximum atomic E-state index is 13.1. The third kappa shape index (κ3) is 5.10. The van der Waals surface area contributed by atoms with Crippen LogP contribution >= 0.6 is 0 Å². The van der Waals surface area contributed by atoms with Crippen molar-refractivity contribution in [2.24, 2.45) is 0 Å². The molecule has 1 heterocycles. The van der Waals surface area contributed by atoms with E-state index >= 15 is 0 Å². The molecule has 0 saturated carbocycles. The minimum absolute atomic E-state index is 0.266. The fourth-order valence-electron chi connectivity index (χ4n) is 3.12. The molecule has 0 N–H and O–H groups in total. The predicted molar refractivity (Wildman–Crippen MR) is 108 cm³/mol. The van der Waals surface area contributed by atoms with Crippen LogP contribution in [0.5, 0.6) is 0 Å². The first-order valence-electron chi connectivity index (χ1n) is 9.46.